The minimum Gasteiger partial charge on any atom is -0.352 e. The van der Waals surface area contributed by atoms with Gasteiger partial charge in [-0.2, -0.15) is 9.61 Å². The first kappa shape index (κ1) is 17.8. The number of nitrogens with one attached hydrogen (secondary N) is 1. The number of fused-ring (bicyclic) bond motifs is 1. The van der Waals surface area contributed by atoms with Gasteiger partial charge in [-0.1, -0.05) is 42.3 Å². The largest absolute Gasteiger partial charge is 0.367 e. The van der Waals surface area contributed by atoms with Gasteiger partial charge in [0.25, 0.3) is 0 Å². The summed E-state index contributed by atoms with van der Waals surface area (Å²) in [5.41, 5.74) is 1.22. The van der Waals surface area contributed by atoms with Crippen LogP contribution in [0.15, 0.2) is 51.1 Å². The average molecular weight is 383 g/mol. The lowest BCUT2D eigenvalue weighted by atomic mass is 10.2. The summed E-state index contributed by atoms with van der Waals surface area (Å²) in [5.74, 6) is -0.179. The van der Waals surface area contributed by atoms with Crippen LogP contribution in [0.25, 0.3) is 5.65 Å². The van der Waals surface area contributed by atoms with Gasteiger partial charge >= 0.3 is 5.69 Å². The van der Waals surface area contributed by atoms with E-state index >= 15 is 0 Å². The molecule has 1 aromatic carbocycles. The van der Waals surface area contributed by atoms with Gasteiger partial charge in [-0.25, -0.2) is 9.48 Å². The highest BCUT2D eigenvalue weighted by molar-refractivity contribution is 7.99. The Morgan fingerprint density at radius 2 is 1.89 bits per heavy atom. The van der Waals surface area contributed by atoms with Gasteiger partial charge in [-0.05, 0) is 44.0 Å². The van der Waals surface area contributed by atoms with Gasteiger partial charge in [0.05, 0.1) is 0 Å². The lowest BCUT2D eigenvalue weighted by Crippen LogP contribution is -2.37. The summed E-state index contributed by atoms with van der Waals surface area (Å²) < 4.78 is 2.42. The van der Waals surface area contributed by atoms with E-state index < -0.39 is 5.69 Å². The van der Waals surface area contributed by atoms with Crippen LogP contribution in [0.1, 0.15) is 31.2 Å². The summed E-state index contributed by atoms with van der Waals surface area (Å²) in [7, 11) is 0. The van der Waals surface area contributed by atoms with Gasteiger partial charge in [0.2, 0.25) is 5.91 Å². The summed E-state index contributed by atoms with van der Waals surface area (Å²) in [4.78, 5) is 25.8. The van der Waals surface area contributed by atoms with Crippen LogP contribution in [0.2, 0.25) is 0 Å². The zero-order chi connectivity index (χ0) is 18.8. The van der Waals surface area contributed by atoms with Crippen LogP contribution in [-0.4, -0.2) is 31.3 Å². The SMILES string of the molecule is Cc1ccc(Sc2ccc3nn(CC(=O)NC4CCCC4)c(=O)n3n2)cc1. The second kappa shape index (κ2) is 7.56. The van der Waals surface area contributed by atoms with Crippen molar-refractivity contribution in [3.05, 3.63) is 52.4 Å². The standard InChI is InChI=1S/C19H21N5O2S/c1-13-6-8-15(9-7-13)27-18-11-10-16-21-23(19(26)24(16)22-18)12-17(25)20-14-4-2-3-5-14/h6-11,14H,2-5,12H2,1H3,(H,20,25). The second-order valence-corrected chi connectivity index (χ2v) is 7.94. The third-order valence-corrected chi connectivity index (χ3v) is 5.61. The number of aryl methyl sites for hydroxylation is 1. The zero-order valence-electron chi connectivity index (χ0n) is 15.1. The predicted octanol–water partition coefficient (Wildman–Crippen LogP) is 2.41. The van der Waals surface area contributed by atoms with E-state index in [-0.39, 0.29) is 18.5 Å². The number of hydrogen-bond acceptors (Lipinski definition) is 5. The number of aromatic nitrogens is 4. The molecule has 1 saturated carbocycles. The highest BCUT2D eigenvalue weighted by atomic mass is 32.2. The molecule has 3 aromatic rings. The van der Waals surface area contributed by atoms with Gasteiger partial charge in [0.15, 0.2) is 5.65 Å². The number of hydrogen-bond donors (Lipinski definition) is 1. The van der Waals surface area contributed by atoms with E-state index in [1.54, 1.807) is 6.07 Å². The highest BCUT2D eigenvalue weighted by Crippen LogP contribution is 2.25. The van der Waals surface area contributed by atoms with Gasteiger partial charge in [0, 0.05) is 10.9 Å². The maximum atomic E-state index is 12.6. The molecule has 0 aliphatic heterocycles. The lowest BCUT2D eigenvalue weighted by Gasteiger charge is -2.10. The van der Waals surface area contributed by atoms with Crippen molar-refractivity contribution in [1.29, 1.82) is 0 Å². The van der Waals surface area contributed by atoms with Gasteiger partial charge in [0.1, 0.15) is 11.6 Å². The lowest BCUT2D eigenvalue weighted by molar-refractivity contribution is -0.122. The van der Waals surface area contributed by atoms with E-state index in [4.69, 9.17) is 0 Å². The number of amides is 1. The number of benzene rings is 1. The molecule has 4 rings (SSSR count). The molecule has 2 aromatic heterocycles. The third kappa shape index (κ3) is 4.05. The van der Waals surface area contributed by atoms with E-state index in [9.17, 15) is 9.59 Å². The first-order chi connectivity index (χ1) is 13.1. The van der Waals surface area contributed by atoms with E-state index in [0.29, 0.717) is 10.7 Å². The van der Waals surface area contributed by atoms with Crippen LogP contribution < -0.4 is 11.0 Å². The van der Waals surface area contributed by atoms with E-state index in [1.165, 1.54) is 26.5 Å². The van der Waals surface area contributed by atoms with Crippen molar-refractivity contribution in [2.75, 3.05) is 0 Å². The molecule has 0 radical (unpaired) electrons. The third-order valence-electron chi connectivity index (χ3n) is 4.67. The van der Waals surface area contributed by atoms with Crippen molar-refractivity contribution >= 4 is 23.3 Å². The molecule has 0 bridgehead atoms. The molecule has 0 atom stereocenters. The second-order valence-electron chi connectivity index (χ2n) is 6.85. The Labute approximate surface area is 160 Å². The Morgan fingerprint density at radius 1 is 1.15 bits per heavy atom. The summed E-state index contributed by atoms with van der Waals surface area (Å²) in [5, 5.41) is 12.3. The number of carbonyl (C=O) groups is 1. The summed E-state index contributed by atoms with van der Waals surface area (Å²) in [6.45, 7) is 1.95. The molecule has 1 aliphatic carbocycles. The summed E-state index contributed by atoms with van der Waals surface area (Å²) >= 11 is 1.48. The zero-order valence-corrected chi connectivity index (χ0v) is 15.9. The topological polar surface area (TPSA) is 81.3 Å². The van der Waals surface area contributed by atoms with Crippen LogP contribution in [0.4, 0.5) is 0 Å². The molecule has 2 heterocycles. The molecule has 0 saturated heterocycles. The van der Waals surface area contributed by atoms with Gasteiger partial charge in [-0.3, -0.25) is 4.79 Å². The molecule has 1 aliphatic rings. The highest BCUT2D eigenvalue weighted by Gasteiger charge is 2.18. The Balaban J connectivity index is 1.51. The predicted molar refractivity (Wildman–Crippen MR) is 103 cm³/mol. The molecule has 1 N–H and O–H groups in total. The molecular formula is C19H21N5O2S. The maximum Gasteiger partial charge on any atom is 0.367 e. The van der Waals surface area contributed by atoms with Crippen molar-refractivity contribution in [2.45, 2.75) is 55.1 Å². The van der Waals surface area contributed by atoms with Gasteiger partial charge in [-0.15, -0.1) is 5.10 Å². The van der Waals surface area contributed by atoms with E-state index in [2.05, 4.69) is 15.5 Å². The molecule has 27 heavy (non-hydrogen) atoms. The Hall–Kier alpha value is -2.61. The fourth-order valence-electron chi connectivity index (χ4n) is 3.26. The fourth-order valence-corrected chi connectivity index (χ4v) is 4.03. The van der Waals surface area contributed by atoms with Crippen molar-refractivity contribution in [2.24, 2.45) is 0 Å². The molecule has 1 fully saturated rings. The number of rotatable bonds is 5. The molecule has 0 spiro atoms. The summed E-state index contributed by atoms with van der Waals surface area (Å²) in [6.07, 6.45) is 4.30. The van der Waals surface area contributed by atoms with Crippen molar-refractivity contribution in [3.8, 4) is 0 Å². The van der Waals surface area contributed by atoms with Crippen LogP contribution >= 0.6 is 11.8 Å². The average Bonchev–Trinajstić information content (AvgIpc) is 3.26. The Morgan fingerprint density at radius 3 is 2.63 bits per heavy atom. The normalized spacial score (nSPS) is 14.7. The molecule has 7 nitrogen and oxygen atoms in total. The van der Waals surface area contributed by atoms with Crippen molar-refractivity contribution in [1.82, 2.24) is 24.7 Å². The molecular weight excluding hydrogens is 362 g/mol. The van der Waals surface area contributed by atoms with Gasteiger partial charge < -0.3 is 5.32 Å². The van der Waals surface area contributed by atoms with E-state index in [1.807, 2.05) is 37.3 Å². The smallest absolute Gasteiger partial charge is 0.352 e. The molecule has 140 valence electrons. The Bertz CT molecular complexity index is 1020. The first-order valence-electron chi connectivity index (χ1n) is 9.09. The maximum absolute atomic E-state index is 12.6. The fraction of sp³-hybridized carbons (Fsp3) is 0.368. The van der Waals surface area contributed by atoms with E-state index in [0.717, 1.165) is 30.6 Å². The van der Waals surface area contributed by atoms with Crippen LogP contribution in [0.5, 0.6) is 0 Å². The molecule has 1 amide bonds. The van der Waals surface area contributed by atoms with Crippen LogP contribution in [0.3, 0.4) is 0 Å². The number of carbonyl (C=O) groups excluding carboxylic acids is 1. The summed E-state index contributed by atoms with van der Waals surface area (Å²) in [6, 6.07) is 11.9. The van der Waals surface area contributed by atoms with Crippen LogP contribution in [-0.2, 0) is 11.3 Å². The first-order valence-corrected chi connectivity index (χ1v) is 9.91. The minimum absolute atomic E-state index is 0.0842. The minimum atomic E-state index is -0.405. The van der Waals surface area contributed by atoms with Crippen molar-refractivity contribution < 1.29 is 4.79 Å². The number of nitrogens with zero attached hydrogens (tertiary/aromatic N) is 4. The Kier molecular flexibility index (Phi) is 4.98. The molecule has 8 heteroatoms. The quantitative estimate of drug-likeness (QED) is 0.732. The monoisotopic (exact) mass is 383 g/mol. The van der Waals surface area contributed by atoms with Crippen LogP contribution in [0, 0.1) is 6.92 Å². The molecule has 0 unspecified atom stereocenters. The van der Waals surface area contributed by atoms with Crippen molar-refractivity contribution in [3.63, 3.8) is 0 Å².